The van der Waals surface area contributed by atoms with Crippen molar-refractivity contribution in [1.29, 1.82) is 0 Å². The monoisotopic (exact) mass is 215 g/mol. The molecule has 1 aliphatic carbocycles. The summed E-state index contributed by atoms with van der Waals surface area (Å²) in [6, 6.07) is 8.76. The summed E-state index contributed by atoms with van der Waals surface area (Å²) in [7, 11) is 0. The van der Waals surface area contributed by atoms with Crippen molar-refractivity contribution < 1.29 is 4.79 Å². The lowest BCUT2D eigenvalue weighted by Crippen LogP contribution is -2.34. The van der Waals surface area contributed by atoms with Gasteiger partial charge in [0.1, 0.15) is 0 Å². The van der Waals surface area contributed by atoms with Gasteiger partial charge in [0, 0.05) is 6.04 Å². The smallest absolute Gasteiger partial charge is 0.243 e. The van der Waals surface area contributed by atoms with Gasteiger partial charge in [-0.05, 0) is 42.9 Å². The Balaban J connectivity index is 2.10. The third-order valence-electron chi connectivity index (χ3n) is 3.12. The summed E-state index contributed by atoms with van der Waals surface area (Å²) in [5.41, 5.74) is 2.80. The molecule has 1 aliphatic rings. The van der Waals surface area contributed by atoms with Crippen molar-refractivity contribution in [2.24, 2.45) is 0 Å². The number of benzene rings is 1. The highest BCUT2D eigenvalue weighted by molar-refractivity contribution is 5.87. The minimum Gasteiger partial charge on any atom is -0.350 e. The number of aryl methyl sites for hydroxylation is 1. The first-order valence-corrected chi connectivity index (χ1v) is 5.79. The van der Waals surface area contributed by atoms with Gasteiger partial charge in [-0.25, -0.2) is 0 Å². The second-order valence-electron chi connectivity index (χ2n) is 4.27. The van der Waals surface area contributed by atoms with E-state index in [0.717, 1.165) is 25.7 Å². The lowest BCUT2D eigenvalue weighted by molar-refractivity contribution is -0.117. The van der Waals surface area contributed by atoms with Crippen LogP contribution < -0.4 is 5.32 Å². The first-order chi connectivity index (χ1) is 7.79. The second kappa shape index (κ2) is 4.97. The van der Waals surface area contributed by atoms with Gasteiger partial charge in [-0.2, -0.15) is 0 Å². The lowest BCUT2D eigenvalue weighted by Gasteiger charge is -2.15. The Morgan fingerprint density at radius 2 is 2.12 bits per heavy atom. The van der Waals surface area contributed by atoms with Gasteiger partial charge >= 0.3 is 0 Å². The minimum atomic E-state index is -0.0654. The molecule has 0 aliphatic heterocycles. The van der Waals surface area contributed by atoms with Crippen LogP contribution >= 0.6 is 0 Å². The topological polar surface area (TPSA) is 29.1 Å². The Labute approximate surface area is 96.4 Å². The number of carbonyl (C=O) groups is 1. The summed E-state index contributed by atoms with van der Waals surface area (Å²) in [4.78, 5) is 11.3. The summed E-state index contributed by atoms with van der Waals surface area (Å²) < 4.78 is 0. The normalized spacial score (nSPS) is 19.4. The van der Waals surface area contributed by atoms with E-state index in [4.69, 9.17) is 0 Å². The fraction of sp³-hybridized carbons (Fsp3) is 0.357. The van der Waals surface area contributed by atoms with Crippen LogP contribution in [0.15, 0.2) is 36.9 Å². The van der Waals surface area contributed by atoms with E-state index in [-0.39, 0.29) is 11.9 Å². The van der Waals surface area contributed by atoms with Crippen LogP contribution in [0.1, 0.15) is 24.0 Å². The predicted octanol–water partition coefficient (Wildman–Crippen LogP) is 2.24. The number of amides is 1. The number of nitrogens with one attached hydrogen (secondary N) is 1. The number of fused-ring (bicyclic) bond motifs is 1. The van der Waals surface area contributed by atoms with Crippen LogP contribution in [-0.2, 0) is 17.6 Å². The molecule has 0 aromatic heterocycles. The first-order valence-electron chi connectivity index (χ1n) is 5.79. The molecule has 1 atom stereocenters. The zero-order valence-electron chi connectivity index (χ0n) is 9.41. The van der Waals surface area contributed by atoms with Crippen LogP contribution in [0, 0.1) is 0 Å². The molecule has 0 heterocycles. The highest BCUT2D eigenvalue weighted by Gasteiger charge is 2.16. The summed E-state index contributed by atoms with van der Waals surface area (Å²) in [6.45, 7) is 3.48. The van der Waals surface area contributed by atoms with Crippen molar-refractivity contribution in [3.8, 4) is 0 Å². The average Bonchev–Trinajstić information content (AvgIpc) is 2.50. The van der Waals surface area contributed by atoms with Gasteiger partial charge in [0.15, 0.2) is 0 Å². The zero-order chi connectivity index (χ0) is 11.4. The van der Waals surface area contributed by atoms with E-state index < -0.39 is 0 Å². The summed E-state index contributed by atoms with van der Waals surface area (Å²) in [5.74, 6) is -0.0654. The maximum absolute atomic E-state index is 11.3. The van der Waals surface area contributed by atoms with Gasteiger partial charge < -0.3 is 5.32 Å². The standard InChI is InChI=1S/C14H17NO/c1-2-14(16)15-13-9-5-8-11-6-3-4-7-12(11)10-13/h2-4,6-7,13H,1,5,8-10H2,(H,15,16). The summed E-state index contributed by atoms with van der Waals surface area (Å²) in [5, 5.41) is 2.99. The number of rotatable bonds is 2. The van der Waals surface area contributed by atoms with E-state index in [1.54, 1.807) is 0 Å². The quantitative estimate of drug-likeness (QED) is 0.595. The van der Waals surface area contributed by atoms with Crippen molar-refractivity contribution in [2.45, 2.75) is 31.7 Å². The highest BCUT2D eigenvalue weighted by Crippen LogP contribution is 2.20. The van der Waals surface area contributed by atoms with Crippen LogP contribution in [0.5, 0.6) is 0 Å². The molecule has 1 aromatic carbocycles. The molecule has 0 saturated heterocycles. The lowest BCUT2D eigenvalue weighted by atomic mass is 10.0. The Morgan fingerprint density at radius 3 is 2.88 bits per heavy atom. The van der Waals surface area contributed by atoms with Gasteiger partial charge in [0.05, 0.1) is 0 Å². The Kier molecular flexibility index (Phi) is 3.40. The largest absolute Gasteiger partial charge is 0.350 e. The van der Waals surface area contributed by atoms with Crippen molar-refractivity contribution >= 4 is 5.91 Å². The fourth-order valence-corrected chi connectivity index (χ4v) is 2.29. The molecule has 1 unspecified atom stereocenters. The van der Waals surface area contributed by atoms with E-state index in [2.05, 4.69) is 36.2 Å². The maximum atomic E-state index is 11.3. The van der Waals surface area contributed by atoms with Gasteiger partial charge in [-0.15, -0.1) is 0 Å². The molecule has 16 heavy (non-hydrogen) atoms. The van der Waals surface area contributed by atoms with Crippen LogP contribution in [0.4, 0.5) is 0 Å². The Bertz CT molecular complexity index is 397. The van der Waals surface area contributed by atoms with Gasteiger partial charge in [-0.1, -0.05) is 30.8 Å². The summed E-state index contributed by atoms with van der Waals surface area (Å²) in [6.07, 6.45) is 5.59. The van der Waals surface area contributed by atoms with E-state index in [1.807, 2.05) is 0 Å². The van der Waals surface area contributed by atoms with Crippen LogP contribution in [0.25, 0.3) is 0 Å². The molecule has 84 valence electrons. The molecule has 1 N–H and O–H groups in total. The average molecular weight is 215 g/mol. The molecule has 0 spiro atoms. The molecule has 2 heteroatoms. The molecule has 0 radical (unpaired) electrons. The molecule has 1 aromatic rings. The van der Waals surface area contributed by atoms with Crippen LogP contribution in [-0.4, -0.2) is 11.9 Å². The molecule has 2 rings (SSSR count). The third-order valence-corrected chi connectivity index (χ3v) is 3.12. The van der Waals surface area contributed by atoms with Gasteiger partial charge in [-0.3, -0.25) is 4.79 Å². The molecular formula is C14H17NO. The minimum absolute atomic E-state index is 0.0654. The SMILES string of the molecule is C=CC(=O)NC1CCCc2ccccc2C1. The predicted molar refractivity (Wildman–Crippen MR) is 65.2 cm³/mol. The zero-order valence-corrected chi connectivity index (χ0v) is 9.41. The van der Waals surface area contributed by atoms with E-state index in [9.17, 15) is 4.79 Å². The van der Waals surface area contributed by atoms with Gasteiger partial charge in [0.2, 0.25) is 5.91 Å². The first kappa shape index (κ1) is 10.9. The molecular weight excluding hydrogens is 198 g/mol. The van der Waals surface area contributed by atoms with E-state index >= 15 is 0 Å². The van der Waals surface area contributed by atoms with E-state index in [1.165, 1.54) is 17.2 Å². The van der Waals surface area contributed by atoms with Crippen molar-refractivity contribution in [2.75, 3.05) is 0 Å². The number of carbonyl (C=O) groups excluding carboxylic acids is 1. The molecule has 1 amide bonds. The molecule has 0 saturated carbocycles. The number of hydrogen-bond donors (Lipinski definition) is 1. The van der Waals surface area contributed by atoms with Crippen molar-refractivity contribution in [3.63, 3.8) is 0 Å². The van der Waals surface area contributed by atoms with E-state index in [0.29, 0.717) is 0 Å². The molecule has 0 fully saturated rings. The highest BCUT2D eigenvalue weighted by atomic mass is 16.1. The molecule has 0 bridgehead atoms. The third kappa shape index (κ3) is 2.51. The molecule has 2 nitrogen and oxygen atoms in total. The second-order valence-corrected chi connectivity index (χ2v) is 4.27. The number of hydrogen-bond acceptors (Lipinski definition) is 1. The van der Waals surface area contributed by atoms with Gasteiger partial charge in [0.25, 0.3) is 0 Å². The van der Waals surface area contributed by atoms with Crippen LogP contribution in [0.2, 0.25) is 0 Å². The summed E-state index contributed by atoms with van der Waals surface area (Å²) >= 11 is 0. The van der Waals surface area contributed by atoms with Crippen molar-refractivity contribution in [1.82, 2.24) is 5.32 Å². The Morgan fingerprint density at radius 1 is 1.38 bits per heavy atom. The Hall–Kier alpha value is -1.57. The fourth-order valence-electron chi connectivity index (χ4n) is 2.29. The maximum Gasteiger partial charge on any atom is 0.243 e. The van der Waals surface area contributed by atoms with Crippen LogP contribution in [0.3, 0.4) is 0 Å². The van der Waals surface area contributed by atoms with Crippen molar-refractivity contribution in [3.05, 3.63) is 48.0 Å².